The number of nitrogens with zero attached hydrogens (tertiary/aromatic N) is 3. The summed E-state index contributed by atoms with van der Waals surface area (Å²) in [6.45, 7) is 4.82. The van der Waals surface area contributed by atoms with Crippen molar-refractivity contribution in [3.8, 4) is 0 Å². The number of fused-ring (bicyclic) bond motifs is 1. The van der Waals surface area contributed by atoms with E-state index in [1.54, 1.807) is 12.1 Å². The maximum atomic E-state index is 13.0. The Balaban J connectivity index is 1.53. The van der Waals surface area contributed by atoms with E-state index >= 15 is 0 Å². The molecule has 10 heteroatoms. The van der Waals surface area contributed by atoms with Crippen LogP contribution in [0.5, 0.6) is 0 Å². The molecule has 1 aromatic carbocycles. The number of pyridine rings is 1. The molecule has 0 radical (unpaired) electrons. The third-order valence-corrected chi connectivity index (χ3v) is 5.98. The van der Waals surface area contributed by atoms with Crippen LogP contribution in [0, 0.1) is 0 Å². The molecule has 3 aromatic rings. The van der Waals surface area contributed by atoms with Gasteiger partial charge in [-0.05, 0) is 36.9 Å². The number of anilines is 3. The third kappa shape index (κ3) is 4.86. The highest BCUT2D eigenvalue weighted by atomic mass is 32.1. The van der Waals surface area contributed by atoms with Crippen LogP contribution in [-0.4, -0.2) is 33.9 Å². The van der Waals surface area contributed by atoms with Gasteiger partial charge in [0, 0.05) is 36.3 Å². The second-order valence-corrected chi connectivity index (χ2v) is 8.15. The van der Waals surface area contributed by atoms with E-state index in [0.29, 0.717) is 5.13 Å². The van der Waals surface area contributed by atoms with Gasteiger partial charge in [-0.2, -0.15) is 13.2 Å². The third-order valence-electron chi connectivity index (χ3n) is 4.98. The van der Waals surface area contributed by atoms with E-state index in [2.05, 4.69) is 32.4 Å². The molecular formula is C21H20F3N5OS. The predicted molar refractivity (Wildman–Crippen MR) is 114 cm³/mol. The van der Waals surface area contributed by atoms with Gasteiger partial charge in [0.15, 0.2) is 5.13 Å². The number of carbonyl (C=O) groups is 1. The minimum absolute atomic E-state index is 0.165. The Morgan fingerprint density at radius 3 is 2.87 bits per heavy atom. The number of likely N-dealkylation sites (N-methyl/N-ethyl adjacent to an activating group) is 1. The molecule has 0 spiro atoms. The molecule has 162 valence electrons. The van der Waals surface area contributed by atoms with E-state index in [1.165, 1.54) is 29.7 Å². The number of hydrogen-bond donors (Lipinski definition) is 2. The molecule has 0 aliphatic carbocycles. The maximum Gasteiger partial charge on any atom is 0.416 e. The number of hydrogen-bond acceptors (Lipinski definition) is 6. The summed E-state index contributed by atoms with van der Waals surface area (Å²) < 4.78 is 39.0. The number of benzene rings is 1. The zero-order chi connectivity index (χ0) is 22.0. The van der Waals surface area contributed by atoms with E-state index in [9.17, 15) is 18.0 Å². The van der Waals surface area contributed by atoms with E-state index in [0.717, 1.165) is 48.8 Å². The zero-order valence-corrected chi connectivity index (χ0v) is 17.5. The molecule has 3 heterocycles. The molecule has 0 saturated heterocycles. The fourth-order valence-corrected chi connectivity index (χ4v) is 4.38. The van der Waals surface area contributed by atoms with Crippen molar-refractivity contribution in [2.45, 2.75) is 26.1 Å². The number of amides is 1. The number of carbonyl (C=O) groups excluding carboxylic acids is 1. The number of thiazole rings is 1. The summed E-state index contributed by atoms with van der Waals surface area (Å²) in [5, 5.41) is 6.12. The summed E-state index contributed by atoms with van der Waals surface area (Å²) in [5.41, 5.74) is 0.614. The van der Waals surface area contributed by atoms with Crippen LogP contribution in [0.1, 0.15) is 33.4 Å². The molecule has 6 nitrogen and oxygen atoms in total. The Kier molecular flexibility index (Phi) is 5.92. The molecular weight excluding hydrogens is 427 g/mol. The maximum absolute atomic E-state index is 13.0. The Morgan fingerprint density at radius 1 is 1.26 bits per heavy atom. The predicted octanol–water partition coefficient (Wildman–Crippen LogP) is 4.93. The van der Waals surface area contributed by atoms with Gasteiger partial charge >= 0.3 is 6.18 Å². The molecule has 0 fully saturated rings. The summed E-state index contributed by atoms with van der Waals surface area (Å²) >= 11 is 1.44. The van der Waals surface area contributed by atoms with Crippen molar-refractivity contribution in [1.29, 1.82) is 0 Å². The minimum Gasteiger partial charge on any atom is -0.340 e. The van der Waals surface area contributed by atoms with Gasteiger partial charge in [-0.25, -0.2) is 9.97 Å². The van der Waals surface area contributed by atoms with Gasteiger partial charge in [-0.1, -0.05) is 13.0 Å². The van der Waals surface area contributed by atoms with Gasteiger partial charge in [-0.15, -0.1) is 11.3 Å². The first-order chi connectivity index (χ1) is 14.8. The molecule has 0 bridgehead atoms. The van der Waals surface area contributed by atoms with Crippen LogP contribution in [0.25, 0.3) is 0 Å². The van der Waals surface area contributed by atoms with Crippen molar-refractivity contribution < 1.29 is 18.0 Å². The van der Waals surface area contributed by atoms with Gasteiger partial charge in [-0.3, -0.25) is 15.0 Å². The van der Waals surface area contributed by atoms with Gasteiger partial charge in [0.1, 0.15) is 5.82 Å². The van der Waals surface area contributed by atoms with E-state index in [4.69, 9.17) is 0 Å². The molecule has 2 aromatic heterocycles. The fraction of sp³-hybridized carbons (Fsp3) is 0.286. The standard InChI is InChI=1S/C21H20F3N5OS/c1-2-29-10-8-16-17(12-29)31-20(27-16)28-19(30)15-7-4-9-25-18(15)26-14-6-3-5-13(11-14)21(22,23)24/h3-7,9,11H,2,8,10,12H2,1H3,(H,25,26)(H,27,28,30). The van der Waals surface area contributed by atoms with Crippen molar-refractivity contribution in [2.24, 2.45) is 0 Å². The molecule has 0 saturated carbocycles. The molecule has 1 amide bonds. The van der Waals surface area contributed by atoms with Crippen LogP contribution in [0.15, 0.2) is 42.6 Å². The first-order valence-corrected chi connectivity index (χ1v) is 10.6. The molecule has 4 rings (SSSR count). The van der Waals surface area contributed by atoms with Crippen molar-refractivity contribution in [3.63, 3.8) is 0 Å². The van der Waals surface area contributed by atoms with Crippen LogP contribution in [0.3, 0.4) is 0 Å². The number of halogens is 3. The Bertz CT molecular complexity index is 1100. The van der Waals surface area contributed by atoms with Gasteiger partial charge in [0.05, 0.1) is 16.8 Å². The second kappa shape index (κ2) is 8.64. The van der Waals surface area contributed by atoms with Crippen LogP contribution >= 0.6 is 11.3 Å². The average molecular weight is 447 g/mol. The van der Waals surface area contributed by atoms with E-state index in [1.807, 2.05) is 0 Å². The lowest BCUT2D eigenvalue weighted by atomic mass is 10.2. The highest BCUT2D eigenvalue weighted by molar-refractivity contribution is 7.15. The first kappa shape index (κ1) is 21.3. The van der Waals surface area contributed by atoms with Crippen LogP contribution < -0.4 is 10.6 Å². The van der Waals surface area contributed by atoms with Gasteiger partial charge in [0.2, 0.25) is 0 Å². The summed E-state index contributed by atoms with van der Waals surface area (Å²) in [7, 11) is 0. The Hall–Kier alpha value is -2.98. The Labute approximate surface area is 181 Å². The monoisotopic (exact) mass is 447 g/mol. The lowest BCUT2D eigenvalue weighted by molar-refractivity contribution is -0.137. The normalized spacial score (nSPS) is 14.2. The summed E-state index contributed by atoms with van der Waals surface area (Å²) in [4.78, 5) is 25.0. The lowest BCUT2D eigenvalue weighted by Gasteiger charge is -2.23. The fourth-order valence-electron chi connectivity index (χ4n) is 3.33. The van der Waals surface area contributed by atoms with Crippen LogP contribution in [-0.2, 0) is 19.1 Å². The van der Waals surface area contributed by atoms with Crippen LogP contribution in [0.4, 0.5) is 29.8 Å². The summed E-state index contributed by atoms with van der Waals surface area (Å²) in [6, 6.07) is 7.90. The first-order valence-electron chi connectivity index (χ1n) is 9.75. The van der Waals surface area contributed by atoms with Crippen LogP contribution in [0.2, 0.25) is 0 Å². The highest BCUT2D eigenvalue weighted by Crippen LogP contribution is 2.32. The van der Waals surface area contributed by atoms with Crippen molar-refractivity contribution >= 4 is 33.9 Å². The number of nitrogens with one attached hydrogen (secondary N) is 2. The summed E-state index contributed by atoms with van der Waals surface area (Å²) in [5.74, 6) is -0.265. The van der Waals surface area contributed by atoms with Crippen molar-refractivity contribution in [3.05, 3.63) is 64.3 Å². The topological polar surface area (TPSA) is 70.2 Å². The zero-order valence-electron chi connectivity index (χ0n) is 16.7. The molecule has 0 atom stereocenters. The van der Waals surface area contributed by atoms with Crippen molar-refractivity contribution in [2.75, 3.05) is 23.7 Å². The Morgan fingerprint density at radius 2 is 2.10 bits per heavy atom. The smallest absolute Gasteiger partial charge is 0.340 e. The molecule has 31 heavy (non-hydrogen) atoms. The van der Waals surface area contributed by atoms with E-state index in [-0.39, 0.29) is 17.1 Å². The molecule has 1 aliphatic heterocycles. The lowest BCUT2D eigenvalue weighted by Crippen LogP contribution is -2.29. The van der Waals surface area contributed by atoms with E-state index < -0.39 is 17.6 Å². The van der Waals surface area contributed by atoms with Crippen molar-refractivity contribution in [1.82, 2.24) is 14.9 Å². The largest absolute Gasteiger partial charge is 0.416 e. The highest BCUT2D eigenvalue weighted by Gasteiger charge is 2.30. The number of alkyl halides is 3. The molecule has 0 unspecified atom stereocenters. The second-order valence-electron chi connectivity index (χ2n) is 7.06. The summed E-state index contributed by atoms with van der Waals surface area (Å²) in [6.07, 6.45) is -2.15. The average Bonchev–Trinajstić information content (AvgIpc) is 3.15. The minimum atomic E-state index is -4.46. The van der Waals surface area contributed by atoms with Gasteiger partial charge in [0.25, 0.3) is 5.91 Å². The molecule has 1 aliphatic rings. The molecule has 2 N–H and O–H groups in total. The number of aromatic nitrogens is 2. The SMILES string of the molecule is CCN1CCc2nc(NC(=O)c3cccnc3Nc3cccc(C(F)(F)F)c3)sc2C1. The number of rotatable bonds is 5. The van der Waals surface area contributed by atoms with Gasteiger partial charge < -0.3 is 5.32 Å². The quantitative estimate of drug-likeness (QED) is 0.580.